The van der Waals surface area contributed by atoms with Crippen molar-refractivity contribution < 1.29 is 24.4 Å². The molecular weight excluding hydrogens is 164 g/mol. The third-order valence-corrected chi connectivity index (χ3v) is 1.18. The first kappa shape index (κ1) is 11.8. The molecule has 0 aromatic rings. The molecule has 0 aliphatic carbocycles. The van der Waals surface area contributed by atoms with E-state index in [9.17, 15) is 0 Å². The number of ether oxygens (including phenoxy) is 3. The summed E-state index contributed by atoms with van der Waals surface area (Å²) in [6.07, 6.45) is -0.581. The molecule has 0 bridgehead atoms. The summed E-state index contributed by atoms with van der Waals surface area (Å²) in [6.45, 7) is 0.879. The lowest BCUT2D eigenvalue weighted by molar-refractivity contribution is -0.154. The summed E-state index contributed by atoms with van der Waals surface area (Å²) in [4.78, 5) is 0. The fraction of sp³-hybridized carbons (Fsp3) is 1.00. The van der Waals surface area contributed by atoms with Crippen molar-refractivity contribution in [1.29, 1.82) is 0 Å². The number of aliphatic hydroxyl groups excluding tert-OH is 2. The second-order valence-electron chi connectivity index (χ2n) is 2.05. The van der Waals surface area contributed by atoms with E-state index in [4.69, 9.17) is 24.4 Å². The summed E-state index contributed by atoms with van der Waals surface area (Å²) in [7, 11) is 1.45. The molecule has 0 aliphatic rings. The van der Waals surface area contributed by atoms with Gasteiger partial charge in [-0.1, -0.05) is 0 Å². The van der Waals surface area contributed by atoms with Gasteiger partial charge < -0.3 is 24.4 Å². The molecule has 1 unspecified atom stereocenters. The molecule has 0 rings (SSSR count). The van der Waals surface area contributed by atoms with E-state index >= 15 is 0 Å². The Morgan fingerprint density at radius 1 is 1.17 bits per heavy atom. The molecule has 0 aromatic heterocycles. The molecule has 5 nitrogen and oxygen atoms in total. The van der Waals surface area contributed by atoms with E-state index in [1.807, 2.05) is 0 Å². The average Bonchev–Trinajstić information content (AvgIpc) is 2.11. The summed E-state index contributed by atoms with van der Waals surface area (Å²) >= 11 is 0. The predicted octanol–water partition coefficient (Wildman–Crippen LogP) is -1.02. The minimum Gasteiger partial charge on any atom is -0.394 e. The number of hydrogen-bond acceptors (Lipinski definition) is 5. The molecule has 0 aromatic carbocycles. The van der Waals surface area contributed by atoms with Crippen LogP contribution in [0.1, 0.15) is 0 Å². The van der Waals surface area contributed by atoms with Crippen LogP contribution in [-0.4, -0.2) is 56.6 Å². The first-order valence-electron chi connectivity index (χ1n) is 3.79. The minimum atomic E-state index is -0.581. The highest BCUT2D eigenvalue weighted by Crippen LogP contribution is 1.90. The van der Waals surface area contributed by atoms with Crippen LogP contribution in [0, 0.1) is 0 Å². The third-order valence-electron chi connectivity index (χ3n) is 1.18. The Kier molecular flexibility index (Phi) is 8.74. The van der Waals surface area contributed by atoms with Gasteiger partial charge in [0.25, 0.3) is 0 Å². The lowest BCUT2D eigenvalue weighted by Gasteiger charge is -2.12. The molecule has 0 aliphatic heterocycles. The average molecular weight is 180 g/mol. The van der Waals surface area contributed by atoms with Crippen molar-refractivity contribution in [3.63, 3.8) is 0 Å². The highest BCUT2D eigenvalue weighted by atomic mass is 16.7. The smallest absolute Gasteiger partial charge is 0.180 e. The van der Waals surface area contributed by atoms with E-state index in [0.29, 0.717) is 19.8 Å². The zero-order valence-corrected chi connectivity index (χ0v) is 7.23. The van der Waals surface area contributed by atoms with Crippen LogP contribution in [0.15, 0.2) is 0 Å². The van der Waals surface area contributed by atoms with Gasteiger partial charge in [0, 0.05) is 7.11 Å². The Bertz CT molecular complexity index is 83.9. The molecule has 5 heteroatoms. The van der Waals surface area contributed by atoms with Crippen molar-refractivity contribution in [2.45, 2.75) is 6.29 Å². The second-order valence-corrected chi connectivity index (χ2v) is 2.05. The first-order valence-corrected chi connectivity index (χ1v) is 3.79. The van der Waals surface area contributed by atoms with Gasteiger partial charge in [0.15, 0.2) is 6.29 Å². The van der Waals surface area contributed by atoms with E-state index in [0.717, 1.165) is 0 Å². The van der Waals surface area contributed by atoms with Crippen molar-refractivity contribution in [2.24, 2.45) is 0 Å². The van der Waals surface area contributed by atoms with Gasteiger partial charge in [0.1, 0.15) is 0 Å². The fourth-order valence-electron chi connectivity index (χ4n) is 0.600. The molecule has 0 saturated heterocycles. The molecule has 0 spiro atoms. The molecule has 74 valence electrons. The Morgan fingerprint density at radius 2 is 1.92 bits per heavy atom. The van der Waals surface area contributed by atoms with Gasteiger partial charge in [-0.2, -0.15) is 0 Å². The molecule has 0 fully saturated rings. The molecule has 1 atom stereocenters. The van der Waals surface area contributed by atoms with Crippen LogP contribution in [0.3, 0.4) is 0 Å². The first-order chi connectivity index (χ1) is 5.85. The Labute approximate surface area is 71.9 Å². The van der Waals surface area contributed by atoms with Crippen LogP contribution in [-0.2, 0) is 14.2 Å². The zero-order chi connectivity index (χ0) is 9.23. The van der Waals surface area contributed by atoms with E-state index in [1.165, 1.54) is 7.11 Å². The van der Waals surface area contributed by atoms with Crippen molar-refractivity contribution in [3.05, 3.63) is 0 Å². The standard InChI is InChI=1S/C7H16O5/c1-10-7(6-9)12-5-4-11-3-2-8/h7-9H,2-6H2,1H3. The van der Waals surface area contributed by atoms with Crippen LogP contribution in [0.5, 0.6) is 0 Å². The fourth-order valence-corrected chi connectivity index (χ4v) is 0.600. The lowest BCUT2D eigenvalue weighted by Crippen LogP contribution is -2.22. The van der Waals surface area contributed by atoms with Crippen LogP contribution < -0.4 is 0 Å². The number of aliphatic hydroxyl groups is 2. The summed E-state index contributed by atoms with van der Waals surface area (Å²) in [5.41, 5.74) is 0. The van der Waals surface area contributed by atoms with Crippen LogP contribution in [0.2, 0.25) is 0 Å². The van der Waals surface area contributed by atoms with E-state index < -0.39 is 6.29 Å². The molecule has 0 amide bonds. The monoisotopic (exact) mass is 180 g/mol. The molecular formula is C7H16O5. The maximum atomic E-state index is 8.60. The molecule has 0 saturated carbocycles. The van der Waals surface area contributed by atoms with Crippen molar-refractivity contribution in [1.82, 2.24) is 0 Å². The highest BCUT2D eigenvalue weighted by molar-refractivity contribution is 4.38. The van der Waals surface area contributed by atoms with Gasteiger partial charge in [0.2, 0.25) is 0 Å². The predicted molar refractivity (Wildman–Crippen MR) is 41.7 cm³/mol. The van der Waals surface area contributed by atoms with E-state index in [-0.39, 0.29) is 13.2 Å². The highest BCUT2D eigenvalue weighted by Gasteiger charge is 2.03. The summed E-state index contributed by atoms with van der Waals surface area (Å²) in [6, 6.07) is 0. The zero-order valence-electron chi connectivity index (χ0n) is 7.23. The molecule has 0 heterocycles. The van der Waals surface area contributed by atoms with Crippen molar-refractivity contribution in [2.75, 3.05) is 40.1 Å². The van der Waals surface area contributed by atoms with Crippen molar-refractivity contribution >= 4 is 0 Å². The van der Waals surface area contributed by atoms with Crippen LogP contribution >= 0.6 is 0 Å². The topological polar surface area (TPSA) is 68.2 Å². The molecule has 0 radical (unpaired) electrons. The Balaban J connectivity index is 3.06. The number of hydrogen-bond donors (Lipinski definition) is 2. The maximum Gasteiger partial charge on any atom is 0.180 e. The van der Waals surface area contributed by atoms with Crippen LogP contribution in [0.4, 0.5) is 0 Å². The largest absolute Gasteiger partial charge is 0.394 e. The van der Waals surface area contributed by atoms with E-state index in [2.05, 4.69) is 0 Å². The third kappa shape index (κ3) is 6.51. The summed E-state index contributed by atoms with van der Waals surface area (Å²) in [5, 5.41) is 16.9. The van der Waals surface area contributed by atoms with Gasteiger partial charge in [-0.15, -0.1) is 0 Å². The van der Waals surface area contributed by atoms with Gasteiger partial charge >= 0.3 is 0 Å². The van der Waals surface area contributed by atoms with E-state index in [1.54, 1.807) is 0 Å². The summed E-state index contributed by atoms with van der Waals surface area (Å²) in [5.74, 6) is 0. The van der Waals surface area contributed by atoms with Gasteiger partial charge in [-0.05, 0) is 0 Å². The maximum absolute atomic E-state index is 8.60. The quantitative estimate of drug-likeness (QED) is 0.369. The second kappa shape index (κ2) is 8.89. The normalized spacial score (nSPS) is 13.2. The van der Waals surface area contributed by atoms with Gasteiger partial charge in [-0.3, -0.25) is 0 Å². The van der Waals surface area contributed by atoms with Gasteiger partial charge in [0.05, 0.1) is 33.0 Å². The molecule has 2 N–H and O–H groups in total. The lowest BCUT2D eigenvalue weighted by atomic mass is 10.6. The Morgan fingerprint density at radius 3 is 2.42 bits per heavy atom. The number of rotatable bonds is 8. The SMILES string of the molecule is COC(CO)OCCOCCO. The van der Waals surface area contributed by atoms with Crippen LogP contribution in [0.25, 0.3) is 0 Å². The Hall–Kier alpha value is -0.200. The van der Waals surface area contributed by atoms with Crippen molar-refractivity contribution in [3.8, 4) is 0 Å². The summed E-state index contributed by atoms with van der Waals surface area (Å²) < 4.78 is 14.6. The van der Waals surface area contributed by atoms with Gasteiger partial charge in [-0.25, -0.2) is 0 Å². The minimum absolute atomic E-state index is 0.00765. The molecule has 12 heavy (non-hydrogen) atoms. The number of methoxy groups -OCH3 is 1.